The maximum Gasteiger partial charge on any atom is 0.123 e. The first-order chi connectivity index (χ1) is 19.2. The van der Waals surface area contributed by atoms with Gasteiger partial charge in [0.05, 0.1) is 7.11 Å². The molecule has 5 nitrogen and oxygen atoms in total. The molecular formula is C34H42N4O. The summed E-state index contributed by atoms with van der Waals surface area (Å²) in [5, 5.41) is 7.15. The van der Waals surface area contributed by atoms with Crippen LogP contribution in [-0.2, 0) is 25.8 Å². The van der Waals surface area contributed by atoms with Crippen LogP contribution in [0, 0.1) is 0 Å². The Morgan fingerprint density at radius 3 is 1.85 bits per heavy atom. The number of nitrogens with one attached hydrogen (secondary N) is 2. The van der Waals surface area contributed by atoms with Crippen LogP contribution in [0.5, 0.6) is 5.75 Å². The lowest BCUT2D eigenvalue weighted by Crippen LogP contribution is -2.06. The molecule has 0 aromatic heterocycles. The third-order valence-corrected chi connectivity index (χ3v) is 6.96. The summed E-state index contributed by atoms with van der Waals surface area (Å²) < 4.78 is 5.68. The van der Waals surface area contributed by atoms with Crippen molar-refractivity contribution in [3.05, 3.63) is 113 Å². The van der Waals surface area contributed by atoms with E-state index >= 15 is 0 Å². The van der Waals surface area contributed by atoms with Gasteiger partial charge in [0.1, 0.15) is 5.75 Å². The van der Waals surface area contributed by atoms with Gasteiger partial charge < -0.3 is 26.8 Å². The molecule has 0 amide bonds. The Hall–Kier alpha value is -3.80. The molecule has 39 heavy (non-hydrogen) atoms. The quantitative estimate of drug-likeness (QED) is 0.145. The van der Waals surface area contributed by atoms with Gasteiger partial charge in [-0.05, 0) is 109 Å². The molecule has 0 aliphatic carbocycles. The highest BCUT2D eigenvalue weighted by molar-refractivity contribution is 5.67. The molecule has 0 radical (unpaired) electrons. The van der Waals surface area contributed by atoms with Crippen LogP contribution < -0.4 is 26.8 Å². The van der Waals surface area contributed by atoms with Crippen molar-refractivity contribution in [3.8, 4) is 16.9 Å². The van der Waals surface area contributed by atoms with Gasteiger partial charge in [0.15, 0.2) is 0 Å². The summed E-state index contributed by atoms with van der Waals surface area (Å²) in [5.74, 6) is 0.889. The first kappa shape index (κ1) is 28.2. The Balaban J connectivity index is 1.40. The van der Waals surface area contributed by atoms with Gasteiger partial charge in [-0.15, -0.1) is 0 Å². The minimum Gasteiger partial charge on any atom is -0.496 e. The summed E-state index contributed by atoms with van der Waals surface area (Å²) >= 11 is 0. The Kier molecular flexibility index (Phi) is 10.8. The van der Waals surface area contributed by atoms with E-state index in [9.17, 15) is 0 Å². The fraction of sp³-hybridized carbons (Fsp3) is 0.294. The molecule has 0 saturated heterocycles. The van der Waals surface area contributed by atoms with Gasteiger partial charge in [-0.2, -0.15) is 0 Å². The number of hydrogen-bond donors (Lipinski definition) is 4. The van der Waals surface area contributed by atoms with Crippen LogP contribution in [0.1, 0.15) is 35.1 Å². The standard InChI is InChI=1S/C34H42N4O/c1-39-34-16-15-30(24-31(34)25-38-33-14-4-9-27(23-33)11-6-19-36)29-12-2-7-28(21-29)17-20-37-32-13-3-8-26(22-32)10-5-18-35/h2-4,7-9,12-16,21-24,37-38H,5-6,10-11,17-20,25,35-36H2,1H3. The maximum absolute atomic E-state index is 5.68. The summed E-state index contributed by atoms with van der Waals surface area (Å²) in [4.78, 5) is 0. The molecule has 4 aromatic carbocycles. The van der Waals surface area contributed by atoms with Crippen LogP contribution in [0.25, 0.3) is 11.1 Å². The Bertz CT molecular complexity index is 1320. The smallest absolute Gasteiger partial charge is 0.123 e. The average molecular weight is 523 g/mol. The monoisotopic (exact) mass is 522 g/mol. The van der Waals surface area contributed by atoms with Gasteiger partial charge in [0.2, 0.25) is 0 Å². The number of ether oxygens (including phenoxy) is 1. The average Bonchev–Trinajstić information content (AvgIpc) is 2.98. The summed E-state index contributed by atoms with van der Waals surface area (Å²) in [6, 6.07) is 32.5. The molecule has 0 atom stereocenters. The second-order valence-electron chi connectivity index (χ2n) is 9.94. The molecule has 0 aliphatic heterocycles. The summed E-state index contributed by atoms with van der Waals surface area (Å²) in [6.45, 7) is 3.00. The number of nitrogens with two attached hydrogens (primary N) is 2. The molecule has 4 rings (SSSR count). The second kappa shape index (κ2) is 15.0. The molecular weight excluding hydrogens is 480 g/mol. The number of benzene rings is 4. The molecule has 0 aliphatic rings. The lowest BCUT2D eigenvalue weighted by molar-refractivity contribution is 0.410. The minimum absolute atomic E-state index is 0.686. The van der Waals surface area contributed by atoms with E-state index in [1.54, 1.807) is 7.11 Å². The fourth-order valence-corrected chi connectivity index (χ4v) is 4.84. The third kappa shape index (κ3) is 8.60. The van der Waals surface area contributed by atoms with Gasteiger partial charge in [-0.25, -0.2) is 0 Å². The van der Waals surface area contributed by atoms with E-state index in [0.29, 0.717) is 13.1 Å². The number of hydrogen-bond acceptors (Lipinski definition) is 5. The number of rotatable bonds is 15. The Morgan fingerprint density at radius 2 is 1.21 bits per heavy atom. The zero-order valence-electron chi connectivity index (χ0n) is 23.1. The first-order valence-corrected chi connectivity index (χ1v) is 14.0. The number of anilines is 2. The van der Waals surface area contributed by atoms with Crippen molar-refractivity contribution in [1.82, 2.24) is 0 Å². The van der Waals surface area contributed by atoms with Gasteiger partial charge in [-0.1, -0.05) is 54.6 Å². The van der Waals surface area contributed by atoms with Crippen molar-refractivity contribution in [2.45, 2.75) is 38.6 Å². The lowest BCUT2D eigenvalue weighted by atomic mass is 9.99. The normalized spacial score (nSPS) is 10.8. The second-order valence-corrected chi connectivity index (χ2v) is 9.94. The van der Waals surface area contributed by atoms with Gasteiger partial charge in [0, 0.05) is 30.0 Å². The van der Waals surface area contributed by atoms with E-state index in [1.807, 2.05) is 0 Å². The van der Waals surface area contributed by atoms with Crippen molar-refractivity contribution in [2.75, 3.05) is 37.4 Å². The van der Waals surface area contributed by atoms with E-state index in [4.69, 9.17) is 16.2 Å². The van der Waals surface area contributed by atoms with E-state index in [1.165, 1.54) is 27.8 Å². The highest BCUT2D eigenvalue weighted by Gasteiger charge is 2.08. The molecule has 0 spiro atoms. The molecule has 0 unspecified atom stereocenters. The molecule has 5 heteroatoms. The minimum atomic E-state index is 0.686. The van der Waals surface area contributed by atoms with Crippen LogP contribution in [0.15, 0.2) is 91.0 Å². The zero-order chi connectivity index (χ0) is 27.3. The van der Waals surface area contributed by atoms with Gasteiger partial charge >= 0.3 is 0 Å². The molecule has 4 aromatic rings. The van der Waals surface area contributed by atoms with E-state index < -0.39 is 0 Å². The Labute approximate surface area is 233 Å². The first-order valence-electron chi connectivity index (χ1n) is 14.0. The largest absolute Gasteiger partial charge is 0.496 e. The zero-order valence-corrected chi connectivity index (χ0v) is 23.1. The number of methoxy groups -OCH3 is 1. The van der Waals surface area contributed by atoms with Crippen LogP contribution in [-0.4, -0.2) is 26.7 Å². The molecule has 0 fully saturated rings. The van der Waals surface area contributed by atoms with E-state index in [-0.39, 0.29) is 0 Å². The third-order valence-electron chi connectivity index (χ3n) is 6.96. The summed E-state index contributed by atoms with van der Waals surface area (Å²) in [5.41, 5.74) is 21.1. The predicted octanol–water partition coefficient (Wildman–Crippen LogP) is 6.41. The highest BCUT2D eigenvalue weighted by Crippen LogP contribution is 2.28. The lowest BCUT2D eigenvalue weighted by Gasteiger charge is -2.14. The maximum atomic E-state index is 5.68. The van der Waals surface area contributed by atoms with Gasteiger partial charge in [0.25, 0.3) is 0 Å². The van der Waals surface area contributed by atoms with Crippen LogP contribution in [0.2, 0.25) is 0 Å². The molecule has 0 heterocycles. The van der Waals surface area contributed by atoms with Crippen molar-refractivity contribution in [1.29, 1.82) is 0 Å². The van der Waals surface area contributed by atoms with Crippen molar-refractivity contribution in [3.63, 3.8) is 0 Å². The highest BCUT2D eigenvalue weighted by atomic mass is 16.5. The number of aryl methyl sites for hydroxylation is 2. The van der Waals surface area contributed by atoms with Crippen LogP contribution in [0.3, 0.4) is 0 Å². The van der Waals surface area contributed by atoms with Gasteiger partial charge in [-0.3, -0.25) is 0 Å². The van der Waals surface area contributed by atoms with Crippen LogP contribution in [0.4, 0.5) is 11.4 Å². The van der Waals surface area contributed by atoms with E-state index in [0.717, 1.165) is 67.9 Å². The van der Waals surface area contributed by atoms with E-state index in [2.05, 4.69) is 102 Å². The van der Waals surface area contributed by atoms with Crippen molar-refractivity contribution >= 4 is 11.4 Å². The fourth-order valence-electron chi connectivity index (χ4n) is 4.84. The van der Waals surface area contributed by atoms with Crippen molar-refractivity contribution in [2.24, 2.45) is 11.5 Å². The molecule has 0 saturated carbocycles. The SMILES string of the molecule is COc1ccc(-c2cccc(CCNc3cccc(CCCN)c3)c2)cc1CNc1cccc(CCCN)c1. The summed E-state index contributed by atoms with van der Waals surface area (Å²) in [6.07, 6.45) is 4.98. The topological polar surface area (TPSA) is 85.3 Å². The summed E-state index contributed by atoms with van der Waals surface area (Å²) in [7, 11) is 1.73. The molecule has 204 valence electrons. The van der Waals surface area contributed by atoms with Crippen molar-refractivity contribution < 1.29 is 4.74 Å². The molecule has 0 bridgehead atoms. The Morgan fingerprint density at radius 1 is 0.615 bits per heavy atom. The predicted molar refractivity (Wildman–Crippen MR) is 166 cm³/mol. The molecule has 6 N–H and O–H groups in total. The van der Waals surface area contributed by atoms with Crippen LogP contribution >= 0.6 is 0 Å².